The zero-order valence-electron chi connectivity index (χ0n) is 12.3. The van der Waals surface area contributed by atoms with Gasteiger partial charge in [-0.25, -0.2) is 4.79 Å². The third-order valence-electron chi connectivity index (χ3n) is 3.78. The van der Waals surface area contributed by atoms with Crippen LogP contribution in [0.4, 0.5) is 0 Å². The molecule has 124 valence electrons. The molecule has 1 aromatic carbocycles. The summed E-state index contributed by atoms with van der Waals surface area (Å²) in [5, 5.41) is 40.5. The summed E-state index contributed by atoms with van der Waals surface area (Å²) >= 11 is 0. The number of carboxylic acid groups (broad SMARTS) is 1. The highest BCUT2D eigenvalue weighted by Crippen LogP contribution is 2.29. The Balaban J connectivity index is 1.96. The van der Waals surface area contributed by atoms with Gasteiger partial charge in [-0.05, 0) is 30.2 Å². The van der Waals surface area contributed by atoms with Gasteiger partial charge in [0.05, 0.1) is 6.10 Å². The van der Waals surface area contributed by atoms with Crippen LogP contribution in [0.25, 0.3) is 6.08 Å². The second-order valence-electron chi connectivity index (χ2n) is 5.76. The van der Waals surface area contributed by atoms with Crippen LogP contribution >= 0.6 is 0 Å². The number of phenolic OH excluding ortho intramolecular Hbond substituents is 1. The van der Waals surface area contributed by atoms with E-state index in [-0.39, 0.29) is 25.0 Å². The highest BCUT2D eigenvalue weighted by molar-refractivity contribution is 5.92. The quantitative estimate of drug-likeness (QED) is 0.506. The molecule has 1 aliphatic carbocycles. The standard InChI is InChI=1S/C16H19NO6/c18-12-4-1-10(2-5-12)3-6-14(20)17-11-7-13(19)9-16(23,8-11)15(21)22/h1-6,11,13,18-19,23H,7-9H2,(H,17,20)(H,21,22)/b6-3-/t11-,13+,16-/m1/s1. The average Bonchev–Trinajstić information content (AvgIpc) is 2.45. The van der Waals surface area contributed by atoms with Crippen molar-refractivity contribution in [1.29, 1.82) is 0 Å². The van der Waals surface area contributed by atoms with E-state index in [9.17, 15) is 24.9 Å². The number of amides is 1. The molecule has 0 bridgehead atoms. The van der Waals surface area contributed by atoms with Crippen LogP contribution in [-0.2, 0) is 9.59 Å². The molecular weight excluding hydrogens is 302 g/mol. The van der Waals surface area contributed by atoms with Crippen LogP contribution in [0, 0.1) is 0 Å². The number of hydrogen-bond donors (Lipinski definition) is 5. The first kappa shape index (κ1) is 17.0. The maximum absolute atomic E-state index is 11.9. The molecule has 0 radical (unpaired) electrons. The number of phenols is 1. The summed E-state index contributed by atoms with van der Waals surface area (Å²) in [5.74, 6) is -1.74. The molecule has 1 aromatic rings. The number of hydrogen-bond acceptors (Lipinski definition) is 5. The lowest BCUT2D eigenvalue weighted by Crippen LogP contribution is -2.53. The van der Waals surface area contributed by atoms with Gasteiger partial charge in [-0.2, -0.15) is 0 Å². The molecule has 1 aliphatic rings. The number of aliphatic hydroxyl groups is 2. The summed E-state index contributed by atoms with van der Waals surface area (Å²) in [7, 11) is 0. The Bertz CT molecular complexity index is 612. The largest absolute Gasteiger partial charge is 0.508 e. The molecule has 0 spiro atoms. The first-order valence-electron chi connectivity index (χ1n) is 7.20. The fourth-order valence-electron chi connectivity index (χ4n) is 2.67. The Morgan fingerprint density at radius 2 is 1.87 bits per heavy atom. The van der Waals surface area contributed by atoms with Gasteiger partial charge in [-0.1, -0.05) is 12.1 Å². The molecule has 1 fully saturated rings. The predicted molar refractivity (Wildman–Crippen MR) is 81.5 cm³/mol. The lowest BCUT2D eigenvalue weighted by molar-refractivity contribution is -0.167. The van der Waals surface area contributed by atoms with Crippen molar-refractivity contribution in [2.45, 2.75) is 37.0 Å². The lowest BCUT2D eigenvalue weighted by atomic mass is 9.80. The number of aromatic hydroxyl groups is 1. The molecule has 3 atom stereocenters. The van der Waals surface area contributed by atoms with E-state index in [0.29, 0.717) is 5.56 Å². The fraction of sp³-hybridized carbons (Fsp3) is 0.375. The van der Waals surface area contributed by atoms with Gasteiger partial charge in [0.25, 0.3) is 0 Å². The summed E-state index contributed by atoms with van der Waals surface area (Å²) in [6, 6.07) is 5.61. The van der Waals surface area contributed by atoms with Gasteiger partial charge in [-0.3, -0.25) is 4.79 Å². The van der Waals surface area contributed by atoms with Crippen LogP contribution in [0.1, 0.15) is 24.8 Å². The van der Waals surface area contributed by atoms with E-state index in [1.807, 2.05) is 0 Å². The topological polar surface area (TPSA) is 127 Å². The van der Waals surface area contributed by atoms with Crippen LogP contribution in [0.2, 0.25) is 0 Å². The Morgan fingerprint density at radius 3 is 2.48 bits per heavy atom. The van der Waals surface area contributed by atoms with Gasteiger partial charge >= 0.3 is 5.97 Å². The van der Waals surface area contributed by atoms with E-state index in [2.05, 4.69) is 5.32 Å². The van der Waals surface area contributed by atoms with Gasteiger partial charge < -0.3 is 25.7 Å². The fourth-order valence-corrected chi connectivity index (χ4v) is 2.67. The molecule has 1 amide bonds. The molecule has 1 saturated carbocycles. The van der Waals surface area contributed by atoms with E-state index in [0.717, 1.165) is 0 Å². The van der Waals surface area contributed by atoms with Crippen LogP contribution < -0.4 is 5.32 Å². The monoisotopic (exact) mass is 321 g/mol. The predicted octanol–water partition coefficient (Wildman–Crippen LogP) is 0.251. The minimum atomic E-state index is -2.03. The number of benzene rings is 1. The van der Waals surface area contributed by atoms with Crippen molar-refractivity contribution < 1.29 is 30.0 Å². The Kier molecular flexibility index (Phi) is 5.02. The van der Waals surface area contributed by atoms with E-state index in [1.165, 1.54) is 24.3 Å². The van der Waals surface area contributed by atoms with Gasteiger partial charge in [0.15, 0.2) is 5.60 Å². The molecule has 5 N–H and O–H groups in total. The Morgan fingerprint density at radius 1 is 1.22 bits per heavy atom. The second kappa shape index (κ2) is 6.80. The van der Waals surface area contributed by atoms with E-state index in [1.54, 1.807) is 12.1 Å². The number of aliphatic carboxylic acids is 1. The highest BCUT2D eigenvalue weighted by Gasteiger charge is 2.44. The normalized spacial score (nSPS) is 27.7. The van der Waals surface area contributed by atoms with Crippen LogP contribution in [0.15, 0.2) is 30.3 Å². The van der Waals surface area contributed by atoms with Crippen molar-refractivity contribution in [3.63, 3.8) is 0 Å². The number of carbonyl (C=O) groups is 2. The summed E-state index contributed by atoms with van der Waals surface area (Å²) < 4.78 is 0. The smallest absolute Gasteiger partial charge is 0.335 e. The molecule has 2 rings (SSSR count). The van der Waals surface area contributed by atoms with Crippen molar-refractivity contribution in [2.24, 2.45) is 0 Å². The number of carboxylic acids is 1. The minimum absolute atomic E-state index is 0.121. The SMILES string of the molecule is O=C(/C=C\c1ccc(O)cc1)N[C@@H]1C[C@H](O)C[C@@](O)(C(=O)O)C1. The molecule has 0 saturated heterocycles. The average molecular weight is 321 g/mol. The highest BCUT2D eigenvalue weighted by atomic mass is 16.4. The van der Waals surface area contributed by atoms with E-state index in [4.69, 9.17) is 5.11 Å². The van der Waals surface area contributed by atoms with Crippen LogP contribution in [0.3, 0.4) is 0 Å². The van der Waals surface area contributed by atoms with Gasteiger partial charge in [0, 0.05) is 25.0 Å². The molecule has 7 nitrogen and oxygen atoms in total. The Hall–Kier alpha value is -2.38. The molecular formula is C16H19NO6. The third-order valence-corrected chi connectivity index (χ3v) is 3.78. The minimum Gasteiger partial charge on any atom is -0.508 e. The number of rotatable bonds is 4. The van der Waals surface area contributed by atoms with E-state index < -0.39 is 29.6 Å². The maximum atomic E-state index is 11.9. The molecule has 7 heteroatoms. The summed E-state index contributed by atoms with van der Waals surface area (Å²) in [4.78, 5) is 23.0. The summed E-state index contributed by atoms with van der Waals surface area (Å²) in [6.45, 7) is 0. The van der Waals surface area contributed by atoms with Gasteiger partial charge in [0.2, 0.25) is 5.91 Å². The summed E-state index contributed by atoms with van der Waals surface area (Å²) in [5.41, 5.74) is -1.32. The van der Waals surface area contributed by atoms with Crippen molar-refractivity contribution in [1.82, 2.24) is 5.32 Å². The lowest BCUT2D eigenvalue weighted by Gasteiger charge is -2.36. The first-order chi connectivity index (χ1) is 10.8. The van der Waals surface area contributed by atoms with Gasteiger partial charge in [0.1, 0.15) is 5.75 Å². The molecule has 0 unspecified atom stereocenters. The first-order valence-corrected chi connectivity index (χ1v) is 7.20. The Labute approximate surface area is 132 Å². The molecule has 0 aromatic heterocycles. The van der Waals surface area contributed by atoms with Crippen molar-refractivity contribution in [3.05, 3.63) is 35.9 Å². The number of carbonyl (C=O) groups excluding carboxylic acids is 1. The molecule has 0 aliphatic heterocycles. The zero-order valence-corrected chi connectivity index (χ0v) is 12.3. The van der Waals surface area contributed by atoms with Crippen molar-refractivity contribution in [3.8, 4) is 5.75 Å². The summed E-state index contributed by atoms with van der Waals surface area (Å²) in [6.07, 6.45) is 1.60. The van der Waals surface area contributed by atoms with Crippen molar-refractivity contribution >= 4 is 18.0 Å². The van der Waals surface area contributed by atoms with Crippen LogP contribution in [0.5, 0.6) is 5.75 Å². The molecule has 0 heterocycles. The maximum Gasteiger partial charge on any atom is 0.335 e. The third kappa shape index (κ3) is 4.54. The molecule has 23 heavy (non-hydrogen) atoms. The van der Waals surface area contributed by atoms with Crippen molar-refractivity contribution in [2.75, 3.05) is 0 Å². The van der Waals surface area contributed by atoms with E-state index >= 15 is 0 Å². The zero-order chi connectivity index (χ0) is 17.0. The van der Waals surface area contributed by atoms with Gasteiger partial charge in [-0.15, -0.1) is 0 Å². The second-order valence-corrected chi connectivity index (χ2v) is 5.76. The van der Waals surface area contributed by atoms with Crippen LogP contribution in [-0.4, -0.2) is 50.0 Å². The number of aliphatic hydroxyl groups excluding tert-OH is 1. The number of nitrogens with one attached hydrogen (secondary N) is 1.